The summed E-state index contributed by atoms with van der Waals surface area (Å²) in [6.07, 6.45) is -1.81. The van der Waals surface area contributed by atoms with Crippen LogP contribution in [-0.4, -0.2) is 97.0 Å². The number of hydrogen-bond donors (Lipinski definition) is 1. The highest BCUT2D eigenvalue weighted by Gasteiger charge is 2.41. The fraction of sp³-hybridized carbons (Fsp3) is 0.500. The Balaban J connectivity index is 0.000000461. The van der Waals surface area contributed by atoms with Crippen molar-refractivity contribution < 1.29 is 40.6 Å². The zero-order valence-corrected chi connectivity index (χ0v) is 30.4. The van der Waals surface area contributed by atoms with Crippen LogP contribution in [0.1, 0.15) is 50.7 Å². The van der Waals surface area contributed by atoms with Gasteiger partial charge in [0.05, 0.1) is 29.0 Å². The number of fused-ring (bicyclic) bond motifs is 3. The molecular weight excluding hydrogens is 724 g/mol. The summed E-state index contributed by atoms with van der Waals surface area (Å²) < 4.78 is 98.4. The van der Waals surface area contributed by atoms with Gasteiger partial charge in [0.15, 0.2) is 5.82 Å². The Kier molecular flexibility index (Phi) is 11.0. The van der Waals surface area contributed by atoms with Crippen LogP contribution in [0.25, 0.3) is 32.1 Å². The second kappa shape index (κ2) is 15.2. The predicted octanol–water partition coefficient (Wildman–Crippen LogP) is 6.93. The molecule has 5 heterocycles. The molecule has 1 amide bonds. The number of benzene rings is 2. The molecule has 53 heavy (non-hydrogen) atoms. The van der Waals surface area contributed by atoms with E-state index < -0.39 is 40.6 Å². The van der Waals surface area contributed by atoms with Crippen molar-refractivity contribution in [3.8, 4) is 23.2 Å². The molecule has 3 aliphatic rings. The molecule has 4 aromatic rings. The van der Waals surface area contributed by atoms with Crippen LogP contribution in [0.3, 0.4) is 0 Å². The van der Waals surface area contributed by atoms with Crippen LogP contribution in [0.2, 0.25) is 0 Å². The van der Waals surface area contributed by atoms with Crippen LogP contribution >= 0.6 is 11.3 Å². The number of ether oxygens (including phenoxy) is 2. The minimum atomic E-state index is -5.09. The minimum absolute atomic E-state index is 0.00932. The van der Waals surface area contributed by atoms with E-state index in [0.717, 1.165) is 31.2 Å². The largest absolute Gasteiger partial charge is 0.467 e. The molecule has 7 rings (SSSR count). The molecule has 2 aromatic heterocycles. The number of hydrogen-bond acceptors (Lipinski definition) is 10. The molecule has 0 radical (unpaired) electrons. The lowest BCUT2D eigenvalue weighted by molar-refractivity contribution is -0.137. The molecule has 2 N–H and O–H groups in total. The first-order valence-corrected chi connectivity index (χ1v) is 18.0. The zero-order valence-electron chi connectivity index (χ0n) is 29.6. The maximum absolute atomic E-state index is 16.7. The number of likely N-dealkylation sites (N-methyl/N-ethyl adjacent to an activating group) is 1. The van der Waals surface area contributed by atoms with Crippen LogP contribution in [0.5, 0.6) is 6.01 Å². The number of alkyl halides is 4. The van der Waals surface area contributed by atoms with Crippen molar-refractivity contribution in [2.45, 2.75) is 70.0 Å². The Morgan fingerprint density at radius 3 is 2.58 bits per heavy atom. The number of amides is 1. The van der Waals surface area contributed by atoms with Gasteiger partial charge in [0.1, 0.15) is 41.0 Å². The van der Waals surface area contributed by atoms with Crippen LogP contribution in [0, 0.1) is 23.0 Å². The van der Waals surface area contributed by atoms with Crippen molar-refractivity contribution in [1.29, 1.82) is 5.26 Å². The van der Waals surface area contributed by atoms with Crippen LogP contribution in [0.15, 0.2) is 18.2 Å². The number of nitriles is 1. The third-order valence-corrected chi connectivity index (χ3v) is 11.4. The van der Waals surface area contributed by atoms with Gasteiger partial charge in [0, 0.05) is 55.2 Å². The highest BCUT2D eigenvalue weighted by molar-refractivity contribution is 7.23. The number of halogens is 6. The van der Waals surface area contributed by atoms with Crippen molar-refractivity contribution in [3.05, 3.63) is 41.0 Å². The van der Waals surface area contributed by atoms with E-state index in [1.807, 2.05) is 6.92 Å². The van der Waals surface area contributed by atoms with Gasteiger partial charge in [-0.05, 0) is 63.8 Å². The number of aromatic nitrogens is 2. The van der Waals surface area contributed by atoms with E-state index in [0.29, 0.717) is 36.9 Å². The van der Waals surface area contributed by atoms with E-state index in [9.17, 15) is 32.0 Å². The number of nitrogens with two attached hydrogens (primary N) is 1. The molecule has 3 saturated heterocycles. The van der Waals surface area contributed by atoms with Gasteiger partial charge in [-0.1, -0.05) is 6.07 Å². The average molecular weight is 764 g/mol. The Labute approximate surface area is 306 Å². The zero-order chi connectivity index (χ0) is 38.4. The molecule has 3 aliphatic heterocycles. The van der Waals surface area contributed by atoms with Crippen LogP contribution in [0.4, 0.5) is 37.2 Å². The van der Waals surface area contributed by atoms with Crippen molar-refractivity contribution in [2.75, 3.05) is 57.6 Å². The maximum atomic E-state index is 16.7. The number of nitrogen functional groups attached to an aromatic ring is 1. The van der Waals surface area contributed by atoms with Crippen molar-refractivity contribution in [3.63, 3.8) is 0 Å². The summed E-state index contributed by atoms with van der Waals surface area (Å²) in [6, 6.07) is 4.02. The third kappa shape index (κ3) is 7.04. The van der Waals surface area contributed by atoms with Gasteiger partial charge in [-0.3, -0.25) is 9.69 Å². The smallest absolute Gasteiger partial charge is 0.417 e. The van der Waals surface area contributed by atoms with Gasteiger partial charge in [0.25, 0.3) is 0 Å². The van der Waals surface area contributed by atoms with Gasteiger partial charge < -0.3 is 25.0 Å². The summed E-state index contributed by atoms with van der Waals surface area (Å²) in [4.78, 5) is 26.7. The highest BCUT2D eigenvalue weighted by Crippen LogP contribution is 2.48. The van der Waals surface area contributed by atoms with E-state index in [2.05, 4.69) is 14.9 Å². The van der Waals surface area contributed by atoms with Crippen LogP contribution < -0.4 is 15.4 Å². The fourth-order valence-electron chi connectivity index (χ4n) is 7.96. The predicted molar refractivity (Wildman–Crippen MR) is 190 cm³/mol. The molecule has 0 saturated carbocycles. The average Bonchev–Trinajstić information content (AvgIpc) is 3.88. The minimum Gasteiger partial charge on any atom is -0.467 e. The Hall–Kier alpha value is -4.40. The van der Waals surface area contributed by atoms with Gasteiger partial charge in [-0.2, -0.15) is 28.4 Å². The highest BCUT2D eigenvalue weighted by atomic mass is 32.1. The maximum Gasteiger partial charge on any atom is 0.417 e. The monoisotopic (exact) mass is 763 g/mol. The normalized spacial score (nSPS) is 21.5. The van der Waals surface area contributed by atoms with Gasteiger partial charge in [-0.25, -0.2) is 13.2 Å². The Morgan fingerprint density at radius 1 is 1.19 bits per heavy atom. The number of methoxy groups -OCH3 is 2. The molecule has 4 unspecified atom stereocenters. The first-order valence-electron chi connectivity index (χ1n) is 17.2. The topological polar surface area (TPSA) is 121 Å². The van der Waals surface area contributed by atoms with E-state index in [4.69, 9.17) is 15.2 Å². The summed E-state index contributed by atoms with van der Waals surface area (Å²) >= 11 is 0.685. The first-order chi connectivity index (χ1) is 25.2. The van der Waals surface area contributed by atoms with Crippen LogP contribution in [-0.2, 0) is 15.7 Å². The number of carbonyl (C=O) groups excluding carboxylic acids is 1. The lowest BCUT2D eigenvalue weighted by atomic mass is 9.92. The van der Waals surface area contributed by atoms with Crippen molar-refractivity contribution >= 4 is 49.1 Å². The standard InChI is InChI=1S/C29H27F5N6O3S.C7H12FN/c1-5-39(19-8-9-40(13(19)2)20(41)12-42-3)27-15-10-17(29(32,33)34)22(23(31)24(15)37-28(38-27)43-4)14-6-7-18(30)25-21(14)16(11-35)26(36)44-25;8-6-4-7-2-1-3-9(7)5-6/h6-7,10,13,19H,5,8-9,12,36H2,1-4H3;6-7H,1-5H2. The third-order valence-electron chi connectivity index (χ3n) is 10.4. The molecule has 0 bridgehead atoms. The summed E-state index contributed by atoms with van der Waals surface area (Å²) in [5.74, 6) is -2.42. The Bertz CT molecular complexity index is 2060. The summed E-state index contributed by atoms with van der Waals surface area (Å²) in [6.45, 7) is 5.93. The number of nitrogens with zero attached hydrogens (tertiary/aromatic N) is 6. The number of anilines is 2. The lowest BCUT2D eigenvalue weighted by Crippen LogP contribution is -2.46. The van der Waals surface area contributed by atoms with Crippen molar-refractivity contribution in [2.24, 2.45) is 0 Å². The quantitative estimate of drug-likeness (QED) is 0.200. The second-order valence-electron chi connectivity index (χ2n) is 13.3. The molecule has 0 aliphatic carbocycles. The summed E-state index contributed by atoms with van der Waals surface area (Å²) in [5.41, 5.74) is 2.53. The summed E-state index contributed by atoms with van der Waals surface area (Å²) in [5, 5.41) is 9.13. The SMILES string of the molecule is CCN(c1nc(OC)nc2c(F)c(-c3ccc(F)c4sc(N)c(C#N)c34)c(C(F)(F)F)cc12)C1CCN(C(=O)COC)C1C.FC1CC2CCCN2C1. The van der Waals surface area contributed by atoms with E-state index in [1.54, 1.807) is 22.8 Å². The van der Waals surface area contributed by atoms with Gasteiger partial charge in [-0.15, -0.1) is 11.3 Å². The first kappa shape index (κ1) is 38.3. The number of rotatable bonds is 7. The Morgan fingerprint density at radius 2 is 1.94 bits per heavy atom. The van der Waals surface area contributed by atoms with Crippen molar-refractivity contribution in [1.82, 2.24) is 19.8 Å². The number of likely N-dealkylation sites (tertiary alicyclic amines) is 1. The number of carbonyl (C=O) groups is 1. The number of thiophene rings is 1. The molecule has 3 fully saturated rings. The van der Waals surface area contributed by atoms with E-state index in [-0.39, 0.29) is 74.6 Å². The molecule has 2 aromatic carbocycles. The van der Waals surface area contributed by atoms with Gasteiger partial charge in [0.2, 0.25) is 5.91 Å². The molecule has 284 valence electrons. The molecule has 4 atom stereocenters. The van der Waals surface area contributed by atoms with Gasteiger partial charge >= 0.3 is 12.2 Å². The molecule has 17 heteroatoms. The summed E-state index contributed by atoms with van der Waals surface area (Å²) in [7, 11) is 2.64. The van der Waals surface area contributed by atoms with E-state index in [1.165, 1.54) is 27.1 Å². The second-order valence-corrected chi connectivity index (χ2v) is 14.4. The lowest BCUT2D eigenvalue weighted by Gasteiger charge is -2.34. The van der Waals surface area contributed by atoms with E-state index >= 15 is 4.39 Å². The fourth-order valence-corrected chi connectivity index (χ4v) is 8.91. The molecule has 0 spiro atoms. The molecule has 10 nitrogen and oxygen atoms in total. The molecular formula is C36H39F6N7O3S.